The van der Waals surface area contributed by atoms with Crippen molar-refractivity contribution in [1.82, 2.24) is 5.32 Å². The summed E-state index contributed by atoms with van der Waals surface area (Å²) in [7, 11) is 1.75. The Bertz CT molecular complexity index is 139. The zero-order chi connectivity index (χ0) is 12.8. The van der Waals surface area contributed by atoms with Gasteiger partial charge in [0.1, 0.15) is 0 Å². The second-order valence-electron chi connectivity index (χ2n) is 5.21. The molecular weight excluding hydrogens is 210 g/mol. The normalized spacial score (nSPS) is 12.9. The highest BCUT2D eigenvalue weighted by Crippen LogP contribution is 2.11. The Labute approximate surface area is 109 Å². The van der Waals surface area contributed by atoms with Crippen LogP contribution in [-0.2, 0) is 4.74 Å². The Morgan fingerprint density at radius 3 is 2.29 bits per heavy atom. The molecule has 2 nitrogen and oxygen atoms in total. The second kappa shape index (κ2) is 14.0. The van der Waals surface area contributed by atoms with Crippen LogP contribution in [0.3, 0.4) is 0 Å². The SMILES string of the molecule is CCCCCCCCCC(C)CNCCOC. The Morgan fingerprint density at radius 2 is 1.65 bits per heavy atom. The lowest BCUT2D eigenvalue weighted by Crippen LogP contribution is -2.24. The highest BCUT2D eigenvalue weighted by atomic mass is 16.5. The van der Waals surface area contributed by atoms with Gasteiger partial charge in [-0.05, 0) is 18.9 Å². The predicted molar refractivity (Wildman–Crippen MR) is 76.5 cm³/mol. The molecule has 0 saturated carbocycles. The molecule has 1 N–H and O–H groups in total. The number of hydrogen-bond donors (Lipinski definition) is 1. The molecule has 0 bridgehead atoms. The number of methoxy groups -OCH3 is 1. The molecule has 0 saturated heterocycles. The van der Waals surface area contributed by atoms with Crippen LogP contribution in [0.5, 0.6) is 0 Å². The molecule has 0 aliphatic rings. The fourth-order valence-corrected chi connectivity index (χ4v) is 2.07. The minimum Gasteiger partial charge on any atom is -0.383 e. The van der Waals surface area contributed by atoms with Crippen molar-refractivity contribution in [2.75, 3.05) is 26.8 Å². The monoisotopic (exact) mass is 243 g/mol. The van der Waals surface area contributed by atoms with Gasteiger partial charge in [0.15, 0.2) is 0 Å². The molecule has 2 heteroatoms. The van der Waals surface area contributed by atoms with E-state index in [1.807, 2.05) is 0 Å². The van der Waals surface area contributed by atoms with E-state index < -0.39 is 0 Å². The van der Waals surface area contributed by atoms with Gasteiger partial charge < -0.3 is 10.1 Å². The average Bonchev–Trinajstić information content (AvgIpc) is 2.33. The predicted octanol–water partition coefficient (Wildman–Crippen LogP) is 4.00. The summed E-state index contributed by atoms with van der Waals surface area (Å²) < 4.78 is 5.01. The second-order valence-corrected chi connectivity index (χ2v) is 5.21. The van der Waals surface area contributed by atoms with Gasteiger partial charge >= 0.3 is 0 Å². The molecule has 0 aromatic rings. The van der Waals surface area contributed by atoms with Gasteiger partial charge in [0, 0.05) is 13.7 Å². The fraction of sp³-hybridized carbons (Fsp3) is 1.00. The first-order valence-electron chi connectivity index (χ1n) is 7.50. The summed E-state index contributed by atoms with van der Waals surface area (Å²) in [6, 6.07) is 0. The zero-order valence-electron chi connectivity index (χ0n) is 12.3. The molecule has 0 fully saturated rings. The summed E-state index contributed by atoms with van der Waals surface area (Å²) in [5, 5.41) is 3.43. The topological polar surface area (TPSA) is 21.3 Å². The first kappa shape index (κ1) is 16.9. The molecule has 0 amide bonds. The van der Waals surface area contributed by atoms with E-state index in [9.17, 15) is 0 Å². The van der Waals surface area contributed by atoms with E-state index in [0.29, 0.717) is 0 Å². The van der Waals surface area contributed by atoms with Crippen molar-refractivity contribution in [2.24, 2.45) is 5.92 Å². The Hall–Kier alpha value is -0.0800. The van der Waals surface area contributed by atoms with Gasteiger partial charge in [-0.15, -0.1) is 0 Å². The van der Waals surface area contributed by atoms with Gasteiger partial charge in [-0.3, -0.25) is 0 Å². The van der Waals surface area contributed by atoms with Crippen molar-refractivity contribution >= 4 is 0 Å². The minimum absolute atomic E-state index is 0.808. The number of hydrogen-bond acceptors (Lipinski definition) is 2. The van der Waals surface area contributed by atoms with Crippen molar-refractivity contribution in [3.8, 4) is 0 Å². The van der Waals surface area contributed by atoms with Crippen molar-refractivity contribution in [2.45, 2.75) is 65.2 Å². The van der Waals surface area contributed by atoms with Gasteiger partial charge in [-0.2, -0.15) is 0 Å². The Balaban J connectivity index is 3.08. The average molecular weight is 243 g/mol. The molecule has 0 aliphatic heterocycles. The van der Waals surface area contributed by atoms with Gasteiger partial charge in [-0.1, -0.05) is 58.8 Å². The highest BCUT2D eigenvalue weighted by Gasteiger charge is 2.01. The van der Waals surface area contributed by atoms with Crippen molar-refractivity contribution in [1.29, 1.82) is 0 Å². The van der Waals surface area contributed by atoms with Gasteiger partial charge in [0.05, 0.1) is 6.61 Å². The number of ether oxygens (including phenoxy) is 1. The summed E-state index contributed by atoms with van der Waals surface area (Å²) in [4.78, 5) is 0. The molecule has 1 atom stereocenters. The molecule has 0 heterocycles. The summed E-state index contributed by atoms with van der Waals surface area (Å²) in [6.07, 6.45) is 11.3. The van der Waals surface area contributed by atoms with Crippen LogP contribution in [0.4, 0.5) is 0 Å². The first-order chi connectivity index (χ1) is 8.31. The summed E-state index contributed by atoms with van der Waals surface area (Å²) in [6.45, 7) is 7.57. The molecule has 0 aromatic carbocycles. The maximum absolute atomic E-state index is 5.01. The van der Waals surface area contributed by atoms with Crippen molar-refractivity contribution in [3.63, 3.8) is 0 Å². The van der Waals surface area contributed by atoms with E-state index in [1.165, 1.54) is 51.4 Å². The quantitative estimate of drug-likeness (QED) is 0.494. The van der Waals surface area contributed by atoms with Gasteiger partial charge in [0.25, 0.3) is 0 Å². The van der Waals surface area contributed by atoms with Crippen LogP contribution in [0.15, 0.2) is 0 Å². The first-order valence-corrected chi connectivity index (χ1v) is 7.50. The molecule has 0 spiro atoms. The molecule has 0 aliphatic carbocycles. The third-order valence-corrected chi connectivity index (χ3v) is 3.28. The maximum Gasteiger partial charge on any atom is 0.0587 e. The van der Waals surface area contributed by atoms with E-state index in [0.717, 1.165) is 25.6 Å². The van der Waals surface area contributed by atoms with E-state index in [1.54, 1.807) is 7.11 Å². The van der Waals surface area contributed by atoms with Crippen LogP contribution < -0.4 is 5.32 Å². The fourth-order valence-electron chi connectivity index (χ4n) is 2.07. The van der Waals surface area contributed by atoms with Gasteiger partial charge in [-0.25, -0.2) is 0 Å². The molecule has 0 radical (unpaired) electrons. The van der Waals surface area contributed by atoms with Gasteiger partial charge in [0.2, 0.25) is 0 Å². The lowest BCUT2D eigenvalue weighted by Gasteiger charge is -2.12. The lowest BCUT2D eigenvalue weighted by atomic mass is 10.0. The summed E-state index contributed by atoms with van der Waals surface area (Å²) in [5.41, 5.74) is 0. The summed E-state index contributed by atoms with van der Waals surface area (Å²) in [5.74, 6) is 0.808. The molecular formula is C15H33NO. The van der Waals surface area contributed by atoms with E-state index in [2.05, 4.69) is 19.2 Å². The standard InChI is InChI=1S/C15H33NO/c1-4-5-6-7-8-9-10-11-15(2)14-16-12-13-17-3/h15-16H,4-14H2,1-3H3. The van der Waals surface area contributed by atoms with Crippen LogP contribution in [0.1, 0.15) is 65.2 Å². The van der Waals surface area contributed by atoms with Crippen molar-refractivity contribution < 1.29 is 4.74 Å². The molecule has 0 rings (SSSR count). The molecule has 17 heavy (non-hydrogen) atoms. The molecule has 104 valence electrons. The Morgan fingerprint density at radius 1 is 1.00 bits per heavy atom. The van der Waals surface area contributed by atoms with Crippen LogP contribution in [0.25, 0.3) is 0 Å². The Kier molecular flexibility index (Phi) is 13.9. The third kappa shape index (κ3) is 13.9. The van der Waals surface area contributed by atoms with E-state index >= 15 is 0 Å². The number of nitrogens with one attached hydrogen (secondary N) is 1. The minimum atomic E-state index is 0.808. The summed E-state index contributed by atoms with van der Waals surface area (Å²) >= 11 is 0. The maximum atomic E-state index is 5.01. The highest BCUT2D eigenvalue weighted by molar-refractivity contribution is 4.57. The van der Waals surface area contributed by atoms with Crippen molar-refractivity contribution in [3.05, 3.63) is 0 Å². The smallest absolute Gasteiger partial charge is 0.0587 e. The largest absolute Gasteiger partial charge is 0.383 e. The third-order valence-electron chi connectivity index (χ3n) is 3.28. The van der Waals surface area contributed by atoms with Crippen LogP contribution >= 0.6 is 0 Å². The number of unbranched alkanes of at least 4 members (excludes halogenated alkanes) is 6. The van der Waals surface area contributed by atoms with E-state index in [4.69, 9.17) is 4.74 Å². The van der Waals surface area contributed by atoms with Crippen LogP contribution in [-0.4, -0.2) is 26.8 Å². The van der Waals surface area contributed by atoms with E-state index in [-0.39, 0.29) is 0 Å². The number of rotatable bonds is 13. The molecule has 0 aromatic heterocycles. The lowest BCUT2D eigenvalue weighted by molar-refractivity contribution is 0.198. The molecule has 1 unspecified atom stereocenters. The zero-order valence-corrected chi connectivity index (χ0v) is 12.3. The van der Waals surface area contributed by atoms with Crippen LogP contribution in [0, 0.1) is 5.92 Å². The van der Waals surface area contributed by atoms with Crippen LogP contribution in [0.2, 0.25) is 0 Å².